The molecule has 2 aliphatic rings. The van der Waals surface area contributed by atoms with E-state index in [1.807, 2.05) is 0 Å². The largest absolute Gasteiger partial charge is 0.0654 e. The van der Waals surface area contributed by atoms with Crippen LogP contribution in [0.5, 0.6) is 0 Å². The molecule has 2 aromatic rings. The summed E-state index contributed by atoms with van der Waals surface area (Å²) < 4.78 is 0. The molecule has 0 bridgehead atoms. The smallest absolute Gasteiger partial charge is 0.000728 e. The zero-order valence-corrected chi connectivity index (χ0v) is 13.7. The first-order valence-corrected chi connectivity index (χ1v) is 8.66. The lowest BCUT2D eigenvalue weighted by atomic mass is 9.92. The molecule has 114 valence electrons. The molecule has 0 nitrogen and oxygen atoms in total. The third-order valence-electron chi connectivity index (χ3n) is 4.91. The third-order valence-corrected chi connectivity index (χ3v) is 4.91. The average Bonchev–Trinajstić information content (AvgIpc) is 2.93. The van der Waals surface area contributed by atoms with Gasteiger partial charge in [0.25, 0.3) is 0 Å². The highest BCUT2D eigenvalue weighted by Crippen LogP contribution is 2.40. The Bertz CT molecular complexity index is 831. The van der Waals surface area contributed by atoms with Crippen LogP contribution in [0.1, 0.15) is 48.4 Å². The van der Waals surface area contributed by atoms with Crippen LogP contribution in [0.2, 0.25) is 0 Å². The standard InChI is InChI=1S/C23H22/c1-2-3-8-17-9-4-5-10-18-13-14-21-20-12-7-6-11-19(20)16-23(21)22(18)15-17/h4-7,9-15H,2-3,8,16H2,1H3/b5-4?,9-4-,10-5+,17-9?,17-15-,18-10?,22-15?. The first-order chi connectivity index (χ1) is 11.4. The molecule has 0 aromatic heterocycles. The van der Waals surface area contributed by atoms with Crippen molar-refractivity contribution in [3.8, 4) is 11.1 Å². The van der Waals surface area contributed by atoms with Crippen molar-refractivity contribution >= 4 is 12.2 Å². The Morgan fingerprint density at radius 3 is 2.70 bits per heavy atom. The van der Waals surface area contributed by atoms with Crippen LogP contribution in [0.25, 0.3) is 23.3 Å². The van der Waals surface area contributed by atoms with Crippen molar-refractivity contribution in [3.63, 3.8) is 0 Å². The van der Waals surface area contributed by atoms with Gasteiger partial charge in [0, 0.05) is 0 Å². The quantitative estimate of drug-likeness (QED) is 0.523. The number of benzene rings is 2. The summed E-state index contributed by atoms with van der Waals surface area (Å²) in [5.74, 6) is 0. The number of rotatable bonds is 3. The van der Waals surface area contributed by atoms with E-state index in [2.05, 4.69) is 73.7 Å². The van der Waals surface area contributed by atoms with Crippen molar-refractivity contribution in [2.45, 2.75) is 32.6 Å². The third kappa shape index (κ3) is 2.59. The lowest BCUT2D eigenvalue weighted by Crippen LogP contribution is -1.93. The first kappa shape index (κ1) is 14.3. The zero-order chi connectivity index (χ0) is 15.6. The molecule has 2 aromatic carbocycles. The van der Waals surface area contributed by atoms with Gasteiger partial charge in [-0.15, -0.1) is 0 Å². The van der Waals surface area contributed by atoms with E-state index in [0.29, 0.717) is 0 Å². The lowest BCUT2D eigenvalue weighted by Gasteiger charge is -2.12. The summed E-state index contributed by atoms with van der Waals surface area (Å²) in [5.41, 5.74) is 10.00. The van der Waals surface area contributed by atoms with Crippen LogP contribution in [0.15, 0.2) is 60.2 Å². The number of allylic oxidation sites excluding steroid dienone is 4. The van der Waals surface area contributed by atoms with Gasteiger partial charge in [0.1, 0.15) is 0 Å². The zero-order valence-electron chi connectivity index (χ0n) is 13.7. The highest BCUT2D eigenvalue weighted by molar-refractivity contribution is 5.85. The second-order valence-electron chi connectivity index (χ2n) is 6.47. The van der Waals surface area contributed by atoms with Crippen molar-refractivity contribution in [3.05, 3.63) is 82.5 Å². The molecule has 0 heterocycles. The fraction of sp³-hybridized carbons (Fsp3) is 0.217. The fourth-order valence-electron chi connectivity index (χ4n) is 3.68. The predicted molar refractivity (Wildman–Crippen MR) is 100 cm³/mol. The fourth-order valence-corrected chi connectivity index (χ4v) is 3.68. The van der Waals surface area contributed by atoms with E-state index in [4.69, 9.17) is 0 Å². The van der Waals surface area contributed by atoms with E-state index in [1.165, 1.54) is 51.8 Å². The van der Waals surface area contributed by atoms with Gasteiger partial charge in [-0.05, 0) is 58.2 Å². The average molecular weight is 298 g/mol. The predicted octanol–water partition coefficient (Wildman–Crippen LogP) is 6.41. The molecule has 2 aliphatic carbocycles. The first-order valence-electron chi connectivity index (χ1n) is 8.66. The Morgan fingerprint density at radius 1 is 0.913 bits per heavy atom. The Balaban J connectivity index is 1.85. The van der Waals surface area contributed by atoms with Crippen LogP contribution in [-0.2, 0) is 6.42 Å². The van der Waals surface area contributed by atoms with Gasteiger partial charge >= 0.3 is 0 Å². The van der Waals surface area contributed by atoms with E-state index in [0.717, 1.165) is 12.8 Å². The molecule has 0 saturated heterocycles. The molecule has 4 rings (SSSR count). The van der Waals surface area contributed by atoms with Crippen LogP contribution in [0, 0.1) is 0 Å². The molecule has 0 aliphatic heterocycles. The maximum absolute atomic E-state index is 2.43. The Morgan fingerprint density at radius 2 is 1.78 bits per heavy atom. The molecule has 0 saturated carbocycles. The Kier molecular flexibility index (Phi) is 3.75. The lowest BCUT2D eigenvalue weighted by molar-refractivity contribution is 0.800. The van der Waals surface area contributed by atoms with Gasteiger partial charge < -0.3 is 0 Å². The molecule has 23 heavy (non-hydrogen) atoms. The molecule has 0 atom stereocenters. The van der Waals surface area contributed by atoms with Crippen LogP contribution in [0.3, 0.4) is 0 Å². The molecule has 0 radical (unpaired) electrons. The van der Waals surface area contributed by atoms with Gasteiger partial charge in [0.2, 0.25) is 0 Å². The van der Waals surface area contributed by atoms with Crippen LogP contribution in [-0.4, -0.2) is 0 Å². The summed E-state index contributed by atoms with van der Waals surface area (Å²) >= 11 is 0. The van der Waals surface area contributed by atoms with Crippen molar-refractivity contribution < 1.29 is 0 Å². The molecule has 0 fully saturated rings. The van der Waals surface area contributed by atoms with E-state index in [-0.39, 0.29) is 0 Å². The van der Waals surface area contributed by atoms with E-state index in [9.17, 15) is 0 Å². The SMILES string of the molecule is CCCCC1=C/c2c(ccc3c2Cc2ccccc2-3)/C=C/C=C\1. The molecular weight excluding hydrogens is 276 g/mol. The van der Waals surface area contributed by atoms with Gasteiger partial charge in [0.15, 0.2) is 0 Å². The van der Waals surface area contributed by atoms with E-state index >= 15 is 0 Å². The molecule has 0 N–H and O–H groups in total. The normalized spacial score (nSPS) is 19.6. The highest BCUT2D eigenvalue weighted by atomic mass is 14.2. The summed E-state index contributed by atoms with van der Waals surface area (Å²) in [6, 6.07) is 13.4. The number of hydrogen-bond acceptors (Lipinski definition) is 0. The van der Waals surface area contributed by atoms with E-state index < -0.39 is 0 Å². The highest BCUT2D eigenvalue weighted by Gasteiger charge is 2.21. The molecule has 0 unspecified atom stereocenters. The van der Waals surface area contributed by atoms with E-state index in [1.54, 1.807) is 0 Å². The second kappa shape index (κ2) is 6.04. The maximum atomic E-state index is 2.43. The van der Waals surface area contributed by atoms with Crippen molar-refractivity contribution in [2.75, 3.05) is 0 Å². The number of fused-ring (bicyclic) bond motifs is 5. The topological polar surface area (TPSA) is 0 Å². The number of unbranched alkanes of at least 4 members (excludes halogenated alkanes) is 1. The van der Waals surface area contributed by atoms with Crippen LogP contribution >= 0.6 is 0 Å². The summed E-state index contributed by atoms with van der Waals surface area (Å²) in [5, 5.41) is 0. The van der Waals surface area contributed by atoms with Crippen molar-refractivity contribution in [1.82, 2.24) is 0 Å². The van der Waals surface area contributed by atoms with Gasteiger partial charge in [-0.1, -0.05) is 80.1 Å². The monoisotopic (exact) mass is 298 g/mol. The van der Waals surface area contributed by atoms with Gasteiger partial charge in [-0.3, -0.25) is 0 Å². The number of hydrogen-bond donors (Lipinski definition) is 0. The summed E-state index contributed by atoms with van der Waals surface area (Å²) in [6.45, 7) is 2.26. The Hall–Kier alpha value is -2.34. The minimum Gasteiger partial charge on any atom is -0.0654 e. The second-order valence-corrected chi connectivity index (χ2v) is 6.47. The minimum atomic E-state index is 1.06. The molecule has 0 amide bonds. The summed E-state index contributed by atoms with van der Waals surface area (Å²) in [4.78, 5) is 0. The van der Waals surface area contributed by atoms with Crippen LogP contribution < -0.4 is 0 Å². The maximum Gasteiger partial charge on any atom is -0.000728 e. The van der Waals surface area contributed by atoms with Gasteiger partial charge in [-0.25, -0.2) is 0 Å². The molecule has 0 spiro atoms. The van der Waals surface area contributed by atoms with Crippen LogP contribution in [0.4, 0.5) is 0 Å². The van der Waals surface area contributed by atoms with Gasteiger partial charge in [-0.2, -0.15) is 0 Å². The van der Waals surface area contributed by atoms with Crippen molar-refractivity contribution in [2.24, 2.45) is 0 Å². The molecule has 0 heteroatoms. The molecular formula is C23H22. The minimum absolute atomic E-state index is 1.06. The van der Waals surface area contributed by atoms with Crippen molar-refractivity contribution in [1.29, 1.82) is 0 Å². The summed E-state index contributed by atoms with van der Waals surface area (Å²) in [7, 11) is 0. The summed E-state index contributed by atoms with van der Waals surface area (Å²) in [6.07, 6.45) is 16.0. The van der Waals surface area contributed by atoms with Gasteiger partial charge in [0.05, 0.1) is 0 Å². The Labute approximate surface area is 138 Å².